The summed E-state index contributed by atoms with van der Waals surface area (Å²) in [6, 6.07) is 0.719. The molecule has 0 unspecified atom stereocenters. The Bertz CT molecular complexity index is 598. The number of hydrogen-bond acceptors (Lipinski definition) is 4. The first kappa shape index (κ1) is 15.1. The van der Waals surface area contributed by atoms with E-state index in [-0.39, 0.29) is 5.75 Å². The van der Waals surface area contributed by atoms with Crippen molar-refractivity contribution in [1.29, 1.82) is 0 Å². The zero-order chi connectivity index (χ0) is 14.8. The number of benzene rings is 1. The highest BCUT2D eigenvalue weighted by atomic mass is 32.2. The van der Waals surface area contributed by atoms with Gasteiger partial charge in [-0.3, -0.25) is 0 Å². The molecular weight excluding hydrogens is 289 g/mol. The van der Waals surface area contributed by atoms with E-state index in [0.29, 0.717) is 12.1 Å². The standard InChI is InChI=1S/C9H9F3N2O4S/c1-18-5-2-3-7(6(4-5)9(10,11)12)19(16,17)14-8(13)15/h2-4H,1H3,(H3,13,14,15). The highest BCUT2D eigenvalue weighted by Crippen LogP contribution is 2.36. The van der Waals surface area contributed by atoms with Crippen LogP contribution in [-0.2, 0) is 16.2 Å². The molecule has 0 saturated heterocycles. The molecule has 6 nitrogen and oxygen atoms in total. The van der Waals surface area contributed by atoms with Crippen LogP contribution in [0.2, 0.25) is 0 Å². The Kier molecular flexibility index (Phi) is 3.94. The van der Waals surface area contributed by atoms with E-state index >= 15 is 0 Å². The first-order valence-electron chi connectivity index (χ1n) is 4.65. The van der Waals surface area contributed by atoms with Crippen LogP contribution in [0.4, 0.5) is 18.0 Å². The maximum absolute atomic E-state index is 12.8. The third-order valence-electron chi connectivity index (χ3n) is 2.02. The molecule has 2 amide bonds. The summed E-state index contributed by atoms with van der Waals surface area (Å²) in [7, 11) is -3.57. The molecule has 0 radical (unpaired) electrons. The lowest BCUT2D eigenvalue weighted by Gasteiger charge is -2.14. The normalized spacial score (nSPS) is 12.0. The third-order valence-corrected chi connectivity index (χ3v) is 3.42. The molecule has 0 aliphatic carbocycles. The van der Waals surface area contributed by atoms with Gasteiger partial charge in [-0.05, 0) is 18.2 Å². The van der Waals surface area contributed by atoms with Crippen molar-refractivity contribution < 1.29 is 31.1 Å². The van der Waals surface area contributed by atoms with E-state index in [1.807, 2.05) is 0 Å². The van der Waals surface area contributed by atoms with Crippen LogP contribution in [-0.4, -0.2) is 21.6 Å². The highest BCUT2D eigenvalue weighted by Gasteiger charge is 2.38. The number of carbonyl (C=O) groups is 1. The zero-order valence-corrected chi connectivity index (χ0v) is 10.3. The average molecular weight is 298 g/mol. The number of sulfonamides is 1. The van der Waals surface area contributed by atoms with E-state index in [4.69, 9.17) is 0 Å². The van der Waals surface area contributed by atoms with E-state index in [2.05, 4.69) is 10.5 Å². The van der Waals surface area contributed by atoms with Crippen LogP contribution in [0.5, 0.6) is 5.75 Å². The molecule has 0 aliphatic heterocycles. The summed E-state index contributed by atoms with van der Waals surface area (Å²) in [6.07, 6.45) is -4.93. The van der Waals surface area contributed by atoms with Gasteiger partial charge in [-0.25, -0.2) is 17.9 Å². The Balaban J connectivity index is 3.48. The Morgan fingerprint density at radius 2 is 1.95 bits per heavy atom. The predicted octanol–water partition coefficient (Wildman–Crippen LogP) is 1.07. The molecular formula is C9H9F3N2O4S. The summed E-state index contributed by atoms with van der Waals surface area (Å²) >= 11 is 0. The number of hydrogen-bond donors (Lipinski definition) is 2. The Morgan fingerprint density at radius 1 is 1.37 bits per heavy atom. The largest absolute Gasteiger partial charge is 0.497 e. The number of ether oxygens (including phenoxy) is 1. The van der Waals surface area contributed by atoms with Gasteiger partial charge in [-0.1, -0.05) is 0 Å². The molecule has 1 rings (SSSR count). The van der Waals surface area contributed by atoms with E-state index in [1.165, 1.54) is 4.72 Å². The van der Waals surface area contributed by atoms with Crippen molar-refractivity contribution in [3.8, 4) is 5.75 Å². The number of halogens is 3. The van der Waals surface area contributed by atoms with Crippen molar-refractivity contribution in [3.05, 3.63) is 23.8 Å². The van der Waals surface area contributed by atoms with Crippen LogP contribution in [0.3, 0.4) is 0 Å². The molecule has 1 aromatic carbocycles. The maximum Gasteiger partial charge on any atom is 0.417 e. The minimum Gasteiger partial charge on any atom is -0.497 e. The molecule has 0 bridgehead atoms. The average Bonchev–Trinajstić information content (AvgIpc) is 2.25. The lowest BCUT2D eigenvalue weighted by atomic mass is 10.2. The van der Waals surface area contributed by atoms with E-state index in [0.717, 1.165) is 13.2 Å². The van der Waals surface area contributed by atoms with Crippen LogP contribution in [0, 0.1) is 0 Å². The number of rotatable bonds is 3. The number of primary amides is 1. The van der Waals surface area contributed by atoms with Gasteiger partial charge in [0.2, 0.25) is 0 Å². The van der Waals surface area contributed by atoms with E-state index < -0.39 is 32.7 Å². The second-order valence-corrected chi connectivity index (χ2v) is 4.98. The van der Waals surface area contributed by atoms with Crippen molar-refractivity contribution in [2.45, 2.75) is 11.1 Å². The molecule has 0 atom stereocenters. The number of nitrogens with one attached hydrogen (secondary N) is 1. The number of amides is 2. The highest BCUT2D eigenvalue weighted by molar-refractivity contribution is 7.90. The van der Waals surface area contributed by atoms with Gasteiger partial charge in [-0.2, -0.15) is 13.2 Å². The smallest absolute Gasteiger partial charge is 0.417 e. The SMILES string of the molecule is COc1ccc(S(=O)(=O)NC(N)=O)c(C(F)(F)F)c1. The fourth-order valence-corrected chi connectivity index (χ4v) is 2.37. The van der Waals surface area contributed by atoms with Gasteiger partial charge in [0, 0.05) is 0 Å². The Labute approximate surface area is 106 Å². The van der Waals surface area contributed by atoms with Gasteiger partial charge >= 0.3 is 12.2 Å². The van der Waals surface area contributed by atoms with Crippen LogP contribution in [0.1, 0.15) is 5.56 Å². The summed E-state index contributed by atoms with van der Waals surface area (Å²) in [5, 5.41) is 0. The quantitative estimate of drug-likeness (QED) is 0.872. The fourth-order valence-electron chi connectivity index (χ4n) is 1.28. The number of urea groups is 1. The van der Waals surface area contributed by atoms with Gasteiger partial charge in [0.25, 0.3) is 10.0 Å². The van der Waals surface area contributed by atoms with Crippen molar-refractivity contribution in [2.75, 3.05) is 7.11 Å². The van der Waals surface area contributed by atoms with Crippen molar-refractivity contribution in [1.82, 2.24) is 4.72 Å². The van der Waals surface area contributed by atoms with Crippen LogP contribution in [0.25, 0.3) is 0 Å². The van der Waals surface area contributed by atoms with Gasteiger partial charge in [-0.15, -0.1) is 0 Å². The molecule has 10 heteroatoms. The first-order chi connectivity index (χ1) is 8.58. The number of alkyl halides is 3. The van der Waals surface area contributed by atoms with Crippen LogP contribution >= 0.6 is 0 Å². The minimum absolute atomic E-state index is 0.176. The van der Waals surface area contributed by atoms with Crippen molar-refractivity contribution >= 4 is 16.1 Å². The molecule has 1 aromatic rings. The fraction of sp³-hybridized carbons (Fsp3) is 0.222. The summed E-state index contributed by atoms with van der Waals surface area (Å²) in [6.45, 7) is 0. The molecule has 19 heavy (non-hydrogen) atoms. The summed E-state index contributed by atoms with van der Waals surface area (Å²) in [5.74, 6) is -0.176. The second-order valence-electron chi connectivity index (χ2n) is 3.33. The minimum atomic E-state index is -4.93. The summed E-state index contributed by atoms with van der Waals surface area (Å²) in [5.41, 5.74) is 3.14. The van der Waals surface area contributed by atoms with Gasteiger partial charge in [0.05, 0.1) is 17.6 Å². The predicted molar refractivity (Wildman–Crippen MR) is 57.9 cm³/mol. The Morgan fingerprint density at radius 3 is 2.37 bits per heavy atom. The second kappa shape index (κ2) is 4.96. The van der Waals surface area contributed by atoms with E-state index in [9.17, 15) is 26.4 Å². The van der Waals surface area contributed by atoms with Gasteiger partial charge < -0.3 is 10.5 Å². The molecule has 0 aromatic heterocycles. The Hall–Kier alpha value is -1.97. The van der Waals surface area contributed by atoms with Gasteiger partial charge in [0.1, 0.15) is 5.75 Å². The maximum atomic E-state index is 12.8. The third kappa shape index (κ3) is 3.50. The molecule has 0 fully saturated rings. The molecule has 106 valence electrons. The van der Waals surface area contributed by atoms with Gasteiger partial charge in [0.15, 0.2) is 0 Å². The topological polar surface area (TPSA) is 98.5 Å². The van der Waals surface area contributed by atoms with Crippen LogP contribution in [0.15, 0.2) is 23.1 Å². The molecule has 3 N–H and O–H groups in total. The van der Waals surface area contributed by atoms with Crippen molar-refractivity contribution in [3.63, 3.8) is 0 Å². The molecule has 0 spiro atoms. The van der Waals surface area contributed by atoms with Crippen molar-refractivity contribution in [2.24, 2.45) is 5.73 Å². The number of nitrogens with two attached hydrogens (primary N) is 1. The van der Waals surface area contributed by atoms with E-state index in [1.54, 1.807) is 0 Å². The molecule has 0 heterocycles. The number of carbonyl (C=O) groups excluding carboxylic acids is 1. The zero-order valence-electron chi connectivity index (χ0n) is 9.48. The molecule has 0 saturated carbocycles. The molecule has 0 aliphatic rings. The lowest BCUT2D eigenvalue weighted by Crippen LogP contribution is -2.36. The summed E-state index contributed by atoms with van der Waals surface area (Å²) < 4.78 is 67.3. The lowest BCUT2D eigenvalue weighted by molar-refractivity contribution is -0.140. The number of methoxy groups -OCH3 is 1. The summed E-state index contributed by atoms with van der Waals surface area (Å²) in [4.78, 5) is 9.39. The monoisotopic (exact) mass is 298 g/mol. The first-order valence-corrected chi connectivity index (χ1v) is 6.13. The van der Waals surface area contributed by atoms with Crippen LogP contribution < -0.4 is 15.2 Å².